The second kappa shape index (κ2) is 7.00. The van der Waals surface area contributed by atoms with E-state index in [1.54, 1.807) is 6.08 Å². The fraction of sp³-hybridized carbons (Fsp3) is 0.381. The predicted molar refractivity (Wildman–Crippen MR) is 99.9 cm³/mol. The lowest BCUT2D eigenvalue weighted by atomic mass is 9.65. The molecule has 1 N–H and O–H groups in total. The first-order chi connectivity index (χ1) is 13.5. The van der Waals surface area contributed by atoms with Crippen molar-refractivity contribution in [3.05, 3.63) is 59.4 Å². The maximum atomic E-state index is 13.2. The summed E-state index contributed by atoms with van der Waals surface area (Å²) in [6, 6.07) is 8.98. The molecule has 0 aliphatic heterocycles. The van der Waals surface area contributed by atoms with Crippen molar-refractivity contribution in [3.8, 4) is 5.88 Å². The highest BCUT2D eigenvalue weighted by atomic mass is 16.5. The molecule has 1 heterocycles. The van der Waals surface area contributed by atoms with Gasteiger partial charge in [0, 0.05) is 5.92 Å². The predicted octanol–water partition coefficient (Wildman–Crippen LogP) is 2.32. The number of carbonyl (C=O) groups excluding carboxylic acids is 2. The van der Waals surface area contributed by atoms with Crippen LogP contribution in [0, 0.1) is 5.92 Å². The first kappa shape index (κ1) is 18.6. The largest absolute Gasteiger partial charge is 0.470 e. The van der Waals surface area contributed by atoms with Crippen LogP contribution in [0.5, 0.6) is 5.88 Å². The van der Waals surface area contributed by atoms with Crippen molar-refractivity contribution in [2.24, 2.45) is 5.92 Å². The monoisotopic (exact) mass is 382 g/mol. The summed E-state index contributed by atoms with van der Waals surface area (Å²) in [4.78, 5) is 27.7. The Hall–Kier alpha value is -2.77. The van der Waals surface area contributed by atoms with Gasteiger partial charge in [0.2, 0.25) is 5.78 Å². The highest BCUT2D eigenvalue weighted by molar-refractivity contribution is 6.23. The number of rotatable bonds is 5. The van der Waals surface area contributed by atoms with Gasteiger partial charge in [0.05, 0.1) is 6.04 Å². The van der Waals surface area contributed by atoms with Gasteiger partial charge in [-0.25, -0.2) is 0 Å². The summed E-state index contributed by atoms with van der Waals surface area (Å²) in [6.07, 6.45) is 3.36. The molecule has 28 heavy (non-hydrogen) atoms. The summed E-state index contributed by atoms with van der Waals surface area (Å²) >= 11 is 0. The molecule has 0 radical (unpaired) electrons. The van der Waals surface area contributed by atoms with E-state index in [0.717, 1.165) is 5.56 Å². The molecule has 2 aliphatic rings. The topological polar surface area (TPSA) is 92.9 Å². The number of allylic oxidation sites excluding steroid dienone is 1. The minimum Gasteiger partial charge on any atom is -0.470 e. The van der Waals surface area contributed by atoms with E-state index in [4.69, 9.17) is 9.26 Å². The van der Waals surface area contributed by atoms with Crippen molar-refractivity contribution in [1.82, 2.24) is 10.1 Å². The molecule has 0 saturated heterocycles. The number of ether oxygens (including phenoxy) is 1. The Morgan fingerprint density at radius 2 is 2.07 bits per heavy atom. The number of Topliss-reactive ketones (excluding diaryl/α,β-unsaturated/α-hetero) is 1. The summed E-state index contributed by atoms with van der Waals surface area (Å²) in [7, 11) is 1.86. The smallest absolute Gasteiger partial charge is 0.265 e. The van der Waals surface area contributed by atoms with Crippen molar-refractivity contribution < 1.29 is 24.0 Å². The third-order valence-electron chi connectivity index (χ3n) is 5.67. The van der Waals surface area contributed by atoms with Gasteiger partial charge in [-0.3, -0.25) is 14.5 Å². The molecular weight excluding hydrogens is 360 g/mol. The standard InChI is InChI=1S/C21H22N2O5/c1-3-23(2)17-14-10-7-11-15(24)21(14,26)19(25)16-18(17)28-22-20(16)27-12-13-8-5-4-6-9-13/h4-9,11,14,17,26H,3,10,12H2,1-2H3/t14?,17-,21-/m0/s1. The lowest BCUT2D eigenvalue weighted by Crippen LogP contribution is -2.59. The third-order valence-corrected chi connectivity index (χ3v) is 5.67. The highest BCUT2D eigenvalue weighted by Crippen LogP contribution is 2.49. The third kappa shape index (κ3) is 2.70. The van der Waals surface area contributed by atoms with Crippen molar-refractivity contribution in [2.45, 2.75) is 31.6 Å². The van der Waals surface area contributed by atoms with Crippen LogP contribution >= 0.6 is 0 Å². The van der Waals surface area contributed by atoms with Crippen LogP contribution in [0.4, 0.5) is 0 Å². The van der Waals surface area contributed by atoms with E-state index in [1.807, 2.05) is 49.2 Å². The van der Waals surface area contributed by atoms with E-state index in [9.17, 15) is 14.7 Å². The average Bonchev–Trinajstić information content (AvgIpc) is 3.13. The Bertz CT molecular complexity index is 936. The maximum absolute atomic E-state index is 13.2. The molecule has 3 atom stereocenters. The molecular formula is C21H22N2O5. The van der Waals surface area contributed by atoms with Crippen LogP contribution in [0.3, 0.4) is 0 Å². The van der Waals surface area contributed by atoms with Gasteiger partial charge >= 0.3 is 0 Å². The van der Waals surface area contributed by atoms with Gasteiger partial charge in [-0.05, 0) is 36.8 Å². The fourth-order valence-corrected chi connectivity index (χ4v) is 4.04. The molecule has 0 spiro atoms. The Kier molecular flexibility index (Phi) is 4.64. The summed E-state index contributed by atoms with van der Waals surface area (Å²) in [6.45, 7) is 2.79. The van der Waals surface area contributed by atoms with Gasteiger partial charge in [-0.15, -0.1) is 0 Å². The normalized spacial score (nSPS) is 26.3. The fourth-order valence-electron chi connectivity index (χ4n) is 4.04. The van der Waals surface area contributed by atoms with Crippen LogP contribution in [0.1, 0.15) is 41.1 Å². The van der Waals surface area contributed by atoms with Crippen LogP contribution < -0.4 is 4.74 Å². The van der Waals surface area contributed by atoms with Crippen LogP contribution in [0.2, 0.25) is 0 Å². The van der Waals surface area contributed by atoms with Gasteiger partial charge in [0.25, 0.3) is 5.88 Å². The highest BCUT2D eigenvalue weighted by Gasteiger charge is 2.61. The molecule has 1 unspecified atom stereocenters. The van der Waals surface area contributed by atoms with Crippen LogP contribution in [0.25, 0.3) is 0 Å². The summed E-state index contributed by atoms with van der Waals surface area (Å²) in [5.74, 6) is -1.59. The van der Waals surface area contributed by atoms with Crippen molar-refractivity contribution >= 4 is 11.6 Å². The number of fused-ring (bicyclic) bond motifs is 2. The average molecular weight is 382 g/mol. The minimum absolute atomic E-state index is 0.00702. The summed E-state index contributed by atoms with van der Waals surface area (Å²) < 4.78 is 11.3. The molecule has 4 rings (SSSR count). The number of carbonyl (C=O) groups is 2. The number of hydrogen-bond acceptors (Lipinski definition) is 7. The van der Waals surface area contributed by atoms with E-state index in [0.29, 0.717) is 18.7 Å². The molecule has 1 aromatic heterocycles. The van der Waals surface area contributed by atoms with Gasteiger partial charge in [0.15, 0.2) is 17.1 Å². The Morgan fingerprint density at radius 3 is 2.79 bits per heavy atom. The summed E-state index contributed by atoms with van der Waals surface area (Å²) in [5.41, 5.74) is -1.17. The number of nitrogens with zero attached hydrogens (tertiary/aromatic N) is 2. The zero-order valence-corrected chi connectivity index (χ0v) is 15.8. The Morgan fingerprint density at radius 1 is 1.32 bits per heavy atom. The number of aromatic nitrogens is 1. The maximum Gasteiger partial charge on any atom is 0.265 e. The molecule has 0 fully saturated rings. The van der Waals surface area contributed by atoms with Gasteiger partial charge in [0.1, 0.15) is 12.2 Å². The van der Waals surface area contributed by atoms with Gasteiger partial charge < -0.3 is 14.4 Å². The molecule has 146 valence electrons. The zero-order valence-electron chi connectivity index (χ0n) is 15.8. The molecule has 2 aromatic rings. The van der Waals surface area contributed by atoms with Crippen LogP contribution in [-0.4, -0.2) is 45.9 Å². The molecule has 0 bridgehead atoms. The number of aliphatic hydroxyl groups is 1. The van der Waals surface area contributed by atoms with Crippen molar-refractivity contribution in [2.75, 3.05) is 13.6 Å². The lowest BCUT2D eigenvalue weighted by Gasteiger charge is -2.44. The number of hydrogen-bond donors (Lipinski definition) is 1. The molecule has 7 nitrogen and oxygen atoms in total. The molecule has 7 heteroatoms. The van der Waals surface area contributed by atoms with E-state index in [2.05, 4.69) is 5.16 Å². The van der Waals surface area contributed by atoms with Gasteiger partial charge in [-0.1, -0.05) is 43.3 Å². The SMILES string of the molecule is CCN(C)[C@@H]1c2onc(OCc3ccccc3)c2C(=O)[C@@]2(O)C(=O)C=CCC12. The minimum atomic E-state index is -2.13. The first-order valence-electron chi connectivity index (χ1n) is 9.33. The Balaban J connectivity index is 1.76. The second-order valence-corrected chi connectivity index (χ2v) is 7.22. The quantitative estimate of drug-likeness (QED) is 0.793. The van der Waals surface area contributed by atoms with Crippen LogP contribution in [0.15, 0.2) is 47.0 Å². The lowest BCUT2D eigenvalue weighted by molar-refractivity contribution is -0.137. The van der Waals surface area contributed by atoms with Crippen molar-refractivity contribution in [1.29, 1.82) is 0 Å². The zero-order chi connectivity index (χ0) is 19.9. The van der Waals surface area contributed by atoms with Crippen LogP contribution in [-0.2, 0) is 11.4 Å². The first-order valence-corrected chi connectivity index (χ1v) is 9.33. The number of ketones is 2. The molecule has 2 aliphatic carbocycles. The molecule has 0 saturated carbocycles. The Labute approximate surface area is 162 Å². The van der Waals surface area contributed by atoms with E-state index in [-0.39, 0.29) is 18.1 Å². The molecule has 0 amide bonds. The van der Waals surface area contributed by atoms with Crippen molar-refractivity contribution in [3.63, 3.8) is 0 Å². The van der Waals surface area contributed by atoms with E-state index >= 15 is 0 Å². The van der Waals surface area contributed by atoms with E-state index in [1.165, 1.54) is 6.08 Å². The second-order valence-electron chi connectivity index (χ2n) is 7.22. The molecule has 1 aromatic carbocycles. The van der Waals surface area contributed by atoms with E-state index < -0.39 is 29.1 Å². The number of benzene rings is 1. The summed E-state index contributed by atoms with van der Waals surface area (Å²) in [5, 5.41) is 15.2. The van der Waals surface area contributed by atoms with Gasteiger partial charge in [-0.2, -0.15) is 0 Å².